The molecular formula is C16H17ClNO3-. The molecule has 1 N–H and O–H groups in total. The highest BCUT2D eigenvalue weighted by Gasteiger charge is 2.51. The highest BCUT2D eigenvalue weighted by Crippen LogP contribution is 2.52. The summed E-state index contributed by atoms with van der Waals surface area (Å²) >= 11 is 5.90. The molecule has 0 aromatic heterocycles. The number of rotatable bonds is 4. The van der Waals surface area contributed by atoms with Crippen LogP contribution in [0.25, 0.3) is 0 Å². The number of nitrogens with one attached hydrogen (secondary N) is 1. The van der Waals surface area contributed by atoms with E-state index in [1.807, 2.05) is 12.1 Å². The average Bonchev–Trinajstić information content (AvgIpc) is 3.05. The number of halogens is 1. The van der Waals surface area contributed by atoms with Crippen molar-refractivity contribution in [2.45, 2.75) is 25.8 Å². The average molecular weight is 307 g/mol. The summed E-state index contributed by atoms with van der Waals surface area (Å²) in [7, 11) is 0. The first kappa shape index (κ1) is 14.4. The van der Waals surface area contributed by atoms with Crippen LogP contribution in [0, 0.1) is 23.7 Å². The van der Waals surface area contributed by atoms with Crippen LogP contribution in [0.15, 0.2) is 24.3 Å². The zero-order valence-electron chi connectivity index (χ0n) is 11.5. The van der Waals surface area contributed by atoms with E-state index in [9.17, 15) is 14.7 Å². The van der Waals surface area contributed by atoms with Gasteiger partial charge < -0.3 is 15.2 Å². The van der Waals surface area contributed by atoms with E-state index < -0.39 is 17.8 Å². The largest absolute Gasteiger partial charge is 0.550 e. The van der Waals surface area contributed by atoms with E-state index in [0.717, 1.165) is 24.8 Å². The van der Waals surface area contributed by atoms with Crippen molar-refractivity contribution in [3.8, 4) is 0 Å². The number of carbonyl (C=O) groups is 2. The quantitative estimate of drug-likeness (QED) is 0.913. The Labute approximate surface area is 128 Å². The van der Waals surface area contributed by atoms with Crippen LogP contribution in [0.1, 0.15) is 24.8 Å². The van der Waals surface area contributed by atoms with Gasteiger partial charge in [-0.1, -0.05) is 23.7 Å². The number of amides is 1. The highest BCUT2D eigenvalue weighted by molar-refractivity contribution is 6.30. The second-order valence-corrected chi connectivity index (χ2v) is 6.49. The molecule has 1 amide bonds. The standard InChI is InChI=1S/C16H18ClNO3/c17-12-3-1-2-9(6-12)8-18-15(19)13-10-4-5-11(7-10)14(13)16(20)21/h1-3,6,10-11,13-14H,4-5,7-8H2,(H,18,19)(H,20,21)/p-1/t10-,11+,13-,14+/m1/s1. The summed E-state index contributed by atoms with van der Waals surface area (Å²) in [5, 5.41) is 14.8. The van der Waals surface area contributed by atoms with Gasteiger partial charge in [0.1, 0.15) is 0 Å². The predicted molar refractivity (Wildman–Crippen MR) is 76.1 cm³/mol. The normalized spacial score (nSPS) is 30.3. The molecule has 4 nitrogen and oxygen atoms in total. The zero-order chi connectivity index (χ0) is 15.0. The molecule has 2 aliphatic carbocycles. The minimum Gasteiger partial charge on any atom is -0.550 e. The van der Waals surface area contributed by atoms with Gasteiger partial charge >= 0.3 is 0 Å². The monoisotopic (exact) mass is 306 g/mol. The first-order chi connectivity index (χ1) is 10.1. The van der Waals surface area contributed by atoms with Gasteiger partial charge in [-0.15, -0.1) is 0 Å². The second kappa shape index (κ2) is 5.68. The molecule has 2 fully saturated rings. The molecule has 0 saturated heterocycles. The van der Waals surface area contributed by atoms with Gasteiger partial charge in [-0.05, 0) is 48.8 Å². The van der Waals surface area contributed by atoms with Crippen LogP contribution in [-0.2, 0) is 16.1 Å². The third kappa shape index (κ3) is 2.77. The van der Waals surface area contributed by atoms with Crippen molar-refractivity contribution < 1.29 is 14.7 Å². The lowest BCUT2D eigenvalue weighted by molar-refractivity contribution is -0.314. The molecular weight excluding hydrogens is 290 g/mol. The van der Waals surface area contributed by atoms with Crippen molar-refractivity contribution in [1.29, 1.82) is 0 Å². The summed E-state index contributed by atoms with van der Waals surface area (Å²) in [6.45, 7) is 0.368. The summed E-state index contributed by atoms with van der Waals surface area (Å²) in [5.41, 5.74) is 0.906. The smallest absolute Gasteiger partial charge is 0.224 e. The van der Waals surface area contributed by atoms with Crippen LogP contribution in [0.3, 0.4) is 0 Å². The molecule has 0 unspecified atom stereocenters. The Morgan fingerprint density at radius 1 is 1.24 bits per heavy atom. The summed E-state index contributed by atoms with van der Waals surface area (Å²) in [4.78, 5) is 23.7. The number of carboxylic acids is 1. The Balaban J connectivity index is 1.66. The number of benzene rings is 1. The van der Waals surface area contributed by atoms with Crippen LogP contribution in [0.5, 0.6) is 0 Å². The van der Waals surface area contributed by atoms with Crippen molar-refractivity contribution in [3.63, 3.8) is 0 Å². The zero-order valence-corrected chi connectivity index (χ0v) is 12.3. The molecule has 3 rings (SSSR count). The predicted octanol–water partition coefficient (Wildman–Crippen LogP) is 1.37. The van der Waals surface area contributed by atoms with Gasteiger partial charge in [0.05, 0.1) is 0 Å². The second-order valence-electron chi connectivity index (χ2n) is 6.05. The summed E-state index contributed by atoms with van der Waals surface area (Å²) in [5.74, 6) is -2.00. The highest BCUT2D eigenvalue weighted by atomic mass is 35.5. The van der Waals surface area contributed by atoms with Gasteiger partial charge in [0.25, 0.3) is 0 Å². The molecule has 112 valence electrons. The fourth-order valence-electron chi connectivity index (χ4n) is 3.96. The Morgan fingerprint density at radius 3 is 2.62 bits per heavy atom. The van der Waals surface area contributed by atoms with Gasteiger partial charge in [0.15, 0.2) is 0 Å². The lowest BCUT2D eigenvalue weighted by Gasteiger charge is -2.30. The summed E-state index contributed by atoms with van der Waals surface area (Å²) < 4.78 is 0. The lowest BCUT2D eigenvalue weighted by atomic mass is 9.78. The van der Waals surface area contributed by atoms with E-state index in [-0.39, 0.29) is 17.7 Å². The first-order valence-electron chi connectivity index (χ1n) is 7.29. The Hall–Kier alpha value is -1.55. The molecule has 1 aromatic rings. The van der Waals surface area contributed by atoms with E-state index in [1.54, 1.807) is 12.1 Å². The van der Waals surface area contributed by atoms with Crippen LogP contribution in [0.2, 0.25) is 5.02 Å². The number of hydrogen-bond acceptors (Lipinski definition) is 3. The third-order valence-corrected chi connectivity index (χ3v) is 5.08. The summed E-state index contributed by atoms with van der Waals surface area (Å²) in [6.07, 6.45) is 2.69. The molecule has 0 heterocycles. The first-order valence-corrected chi connectivity index (χ1v) is 7.67. The Morgan fingerprint density at radius 2 is 1.95 bits per heavy atom. The maximum Gasteiger partial charge on any atom is 0.224 e. The number of carboxylic acid groups (broad SMARTS) is 1. The van der Waals surface area contributed by atoms with Crippen molar-refractivity contribution in [2.75, 3.05) is 0 Å². The maximum absolute atomic E-state index is 12.4. The van der Waals surface area contributed by atoms with Crippen molar-refractivity contribution >= 4 is 23.5 Å². The van der Waals surface area contributed by atoms with Gasteiger partial charge in [0, 0.05) is 29.4 Å². The van der Waals surface area contributed by atoms with Crippen LogP contribution >= 0.6 is 11.6 Å². The lowest BCUT2D eigenvalue weighted by Crippen LogP contribution is -2.45. The molecule has 2 bridgehead atoms. The molecule has 0 spiro atoms. The maximum atomic E-state index is 12.4. The van der Waals surface area contributed by atoms with Crippen LogP contribution < -0.4 is 10.4 Å². The molecule has 21 heavy (non-hydrogen) atoms. The van der Waals surface area contributed by atoms with Crippen molar-refractivity contribution in [3.05, 3.63) is 34.9 Å². The topological polar surface area (TPSA) is 69.2 Å². The fourth-order valence-corrected chi connectivity index (χ4v) is 4.17. The Bertz CT molecular complexity index is 574. The molecule has 2 aliphatic rings. The van der Waals surface area contributed by atoms with Gasteiger partial charge in [-0.25, -0.2) is 0 Å². The number of carbonyl (C=O) groups excluding carboxylic acids is 2. The third-order valence-electron chi connectivity index (χ3n) is 4.85. The number of fused-ring (bicyclic) bond motifs is 2. The van der Waals surface area contributed by atoms with E-state index in [1.165, 1.54) is 0 Å². The van der Waals surface area contributed by atoms with E-state index in [0.29, 0.717) is 11.6 Å². The fraction of sp³-hybridized carbons (Fsp3) is 0.500. The molecule has 4 atom stereocenters. The van der Waals surface area contributed by atoms with Gasteiger partial charge in [0.2, 0.25) is 5.91 Å². The molecule has 5 heteroatoms. The molecule has 2 saturated carbocycles. The SMILES string of the molecule is O=C(NCc1cccc(Cl)c1)[C@@H]1[C@@H]2CC[C@@H](C2)[C@@H]1C(=O)[O-]. The van der Waals surface area contributed by atoms with Gasteiger partial charge in [-0.3, -0.25) is 4.79 Å². The van der Waals surface area contributed by atoms with Gasteiger partial charge in [-0.2, -0.15) is 0 Å². The summed E-state index contributed by atoms with van der Waals surface area (Å²) in [6, 6.07) is 7.27. The van der Waals surface area contributed by atoms with E-state index in [4.69, 9.17) is 11.6 Å². The molecule has 0 aliphatic heterocycles. The molecule has 0 radical (unpaired) electrons. The number of aliphatic carboxylic acids is 1. The number of hydrogen-bond donors (Lipinski definition) is 1. The Kier molecular flexibility index (Phi) is 3.89. The van der Waals surface area contributed by atoms with Crippen LogP contribution in [-0.4, -0.2) is 11.9 Å². The molecule has 1 aromatic carbocycles. The minimum atomic E-state index is -1.08. The van der Waals surface area contributed by atoms with Crippen molar-refractivity contribution in [1.82, 2.24) is 5.32 Å². The van der Waals surface area contributed by atoms with E-state index >= 15 is 0 Å². The van der Waals surface area contributed by atoms with Crippen LogP contribution in [0.4, 0.5) is 0 Å². The van der Waals surface area contributed by atoms with E-state index in [2.05, 4.69) is 5.32 Å². The van der Waals surface area contributed by atoms with Crippen molar-refractivity contribution in [2.24, 2.45) is 23.7 Å². The minimum absolute atomic E-state index is 0.113.